The highest BCUT2D eigenvalue weighted by molar-refractivity contribution is 5.88. The largest absolute Gasteiger partial charge is 0.461 e. The van der Waals surface area contributed by atoms with Gasteiger partial charge >= 0.3 is 5.97 Å². The average molecular weight is 279 g/mol. The standard InChI is InChI=1S/C15H25N3O2/c1-5-20-14(19)12-13(15(2,3)4)18(17-16-12)11-9-7-6-8-10-11/h11H,5-10H2,1-4H3. The van der Waals surface area contributed by atoms with Crippen molar-refractivity contribution in [3.05, 3.63) is 11.4 Å². The highest BCUT2D eigenvalue weighted by Crippen LogP contribution is 2.33. The number of ether oxygens (including phenoxy) is 1. The van der Waals surface area contributed by atoms with Crippen LogP contribution in [0.1, 0.15) is 82.0 Å². The van der Waals surface area contributed by atoms with Crippen molar-refractivity contribution in [1.29, 1.82) is 0 Å². The highest BCUT2D eigenvalue weighted by Gasteiger charge is 2.32. The molecule has 5 nitrogen and oxygen atoms in total. The average Bonchev–Trinajstić information content (AvgIpc) is 2.84. The number of hydrogen-bond donors (Lipinski definition) is 0. The predicted molar refractivity (Wildman–Crippen MR) is 76.8 cm³/mol. The van der Waals surface area contributed by atoms with Gasteiger partial charge in [-0.25, -0.2) is 9.48 Å². The van der Waals surface area contributed by atoms with Crippen LogP contribution in [0.15, 0.2) is 0 Å². The Balaban J connectivity index is 2.39. The fourth-order valence-corrected chi connectivity index (χ4v) is 2.91. The summed E-state index contributed by atoms with van der Waals surface area (Å²) in [5.41, 5.74) is 1.11. The van der Waals surface area contributed by atoms with Crippen molar-refractivity contribution in [2.45, 2.75) is 71.3 Å². The van der Waals surface area contributed by atoms with Gasteiger partial charge in [-0.1, -0.05) is 45.2 Å². The molecule has 20 heavy (non-hydrogen) atoms. The van der Waals surface area contributed by atoms with Crippen LogP contribution in [-0.2, 0) is 10.2 Å². The van der Waals surface area contributed by atoms with Crippen LogP contribution in [0.4, 0.5) is 0 Å². The van der Waals surface area contributed by atoms with Gasteiger partial charge in [0.15, 0.2) is 5.69 Å². The van der Waals surface area contributed by atoms with Crippen molar-refractivity contribution in [1.82, 2.24) is 15.0 Å². The van der Waals surface area contributed by atoms with Crippen LogP contribution in [-0.4, -0.2) is 27.6 Å². The van der Waals surface area contributed by atoms with Crippen LogP contribution >= 0.6 is 0 Å². The van der Waals surface area contributed by atoms with E-state index in [1.165, 1.54) is 19.3 Å². The molecule has 1 heterocycles. The predicted octanol–water partition coefficient (Wildman–Crippen LogP) is 3.26. The summed E-state index contributed by atoms with van der Waals surface area (Å²) in [6.07, 6.45) is 5.98. The number of carbonyl (C=O) groups excluding carboxylic acids is 1. The Morgan fingerprint density at radius 3 is 2.50 bits per heavy atom. The Morgan fingerprint density at radius 1 is 1.30 bits per heavy atom. The molecule has 0 N–H and O–H groups in total. The van der Waals surface area contributed by atoms with Crippen molar-refractivity contribution < 1.29 is 9.53 Å². The quantitative estimate of drug-likeness (QED) is 0.797. The Kier molecular flexibility index (Phi) is 4.45. The summed E-state index contributed by atoms with van der Waals surface area (Å²) in [4.78, 5) is 12.1. The van der Waals surface area contributed by atoms with Crippen molar-refractivity contribution in [2.24, 2.45) is 0 Å². The smallest absolute Gasteiger partial charge is 0.360 e. The fraction of sp³-hybridized carbons (Fsp3) is 0.800. The molecule has 0 atom stereocenters. The van der Waals surface area contributed by atoms with Gasteiger partial charge in [-0.3, -0.25) is 0 Å². The minimum Gasteiger partial charge on any atom is -0.461 e. The third-order valence-corrected chi connectivity index (χ3v) is 3.79. The van der Waals surface area contributed by atoms with E-state index in [0.29, 0.717) is 18.3 Å². The zero-order valence-corrected chi connectivity index (χ0v) is 13.0. The molecule has 0 unspecified atom stereocenters. The van der Waals surface area contributed by atoms with Crippen molar-refractivity contribution in [2.75, 3.05) is 6.61 Å². The summed E-state index contributed by atoms with van der Waals surface area (Å²) in [7, 11) is 0. The number of rotatable bonds is 3. The molecule has 1 saturated carbocycles. The lowest BCUT2D eigenvalue weighted by molar-refractivity contribution is 0.0516. The molecule has 1 aromatic heterocycles. The molecule has 112 valence electrons. The van der Waals surface area contributed by atoms with E-state index >= 15 is 0 Å². The van der Waals surface area contributed by atoms with E-state index in [1.54, 1.807) is 6.92 Å². The first-order valence-corrected chi connectivity index (χ1v) is 7.58. The van der Waals surface area contributed by atoms with Crippen molar-refractivity contribution in [3.63, 3.8) is 0 Å². The Bertz CT molecular complexity index is 468. The molecule has 5 heteroatoms. The van der Waals surface area contributed by atoms with Gasteiger partial charge in [0, 0.05) is 5.41 Å². The van der Waals surface area contributed by atoms with Crippen LogP contribution in [0.3, 0.4) is 0 Å². The number of aromatic nitrogens is 3. The van der Waals surface area contributed by atoms with Gasteiger partial charge in [-0.05, 0) is 19.8 Å². The second-order valence-corrected chi connectivity index (χ2v) is 6.49. The van der Waals surface area contributed by atoms with Crippen molar-refractivity contribution in [3.8, 4) is 0 Å². The van der Waals surface area contributed by atoms with E-state index in [-0.39, 0.29) is 11.4 Å². The molecule has 2 rings (SSSR count). The second kappa shape index (κ2) is 5.94. The molecule has 1 aliphatic rings. The first-order valence-electron chi connectivity index (χ1n) is 7.58. The van der Waals surface area contributed by atoms with Crippen LogP contribution in [0.2, 0.25) is 0 Å². The molecule has 0 bridgehead atoms. The molecule has 1 aromatic rings. The molecule has 0 aliphatic heterocycles. The lowest BCUT2D eigenvalue weighted by Crippen LogP contribution is -2.26. The van der Waals surface area contributed by atoms with Gasteiger partial charge in [0.05, 0.1) is 18.3 Å². The molecule has 0 amide bonds. The SMILES string of the molecule is CCOC(=O)c1nnn(C2CCCCC2)c1C(C)(C)C. The van der Waals surface area contributed by atoms with Crippen LogP contribution in [0, 0.1) is 0 Å². The third kappa shape index (κ3) is 3.02. The van der Waals surface area contributed by atoms with Crippen LogP contribution in [0.25, 0.3) is 0 Å². The number of carbonyl (C=O) groups is 1. The molecular weight excluding hydrogens is 254 g/mol. The molecule has 0 aromatic carbocycles. The maximum absolute atomic E-state index is 12.1. The number of hydrogen-bond acceptors (Lipinski definition) is 4. The van der Waals surface area contributed by atoms with E-state index in [2.05, 4.69) is 31.1 Å². The molecule has 0 spiro atoms. The minimum atomic E-state index is -0.362. The van der Waals surface area contributed by atoms with Crippen molar-refractivity contribution >= 4 is 5.97 Å². The normalized spacial score (nSPS) is 17.2. The highest BCUT2D eigenvalue weighted by atomic mass is 16.5. The molecule has 0 radical (unpaired) electrons. The fourth-order valence-electron chi connectivity index (χ4n) is 2.91. The van der Waals surface area contributed by atoms with Gasteiger partial charge in [0.25, 0.3) is 0 Å². The first kappa shape index (κ1) is 15.0. The summed E-state index contributed by atoms with van der Waals surface area (Å²) in [6, 6.07) is 0.369. The van der Waals surface area contributed by atoms with Gasteiger partial charge < -0.3 is 4.74 Å². The minimum absolute atomic E-state index is 0.178. The molecule has 0 saturated heterocycles. The van der Waals surface area contributed by atoms with E-state index < -0.39 is 0 Å². The lowest BCUT2D eigenvalue weighted by atomic mass is 9.88. The maximum atomic E-state index is 12.1. The van der Waals surface area contributed by atoms with Gasteiger partial charge in [0.1, 0.15) is 0 Å². The Hall–Kier alpha value is -1.39. The van der Waals surface area contributed by atoms with Gasteiger partial charge in [-0.2, -0.15) is 0 Å². The zero-order chi connectivity index (χ0) is 14.8. The zero-order valence-electron chi connectivity index (χ0n) is 13.0. The first-order chi connectivity index (χ1) is 9.45. The number of nitrogens with zero attached hydrogens (tertiary/aromatic N) is 3. The summed E-state index contributed by atoms with van der Waals surface area (Å²) in [6.45, 7) is 8.44. The van der Waals surface area contributed by atoms with E-state index in [9.17, 15) is 4.79 Å². The van der Waals surface area contributed by atoms with E-state index in [0.717, 1.165) is 18.5 Å². The van der Waals surface area contributed by atoms with Gasteiger partial charge in [-0.15, -0.1) is 5.10 Å². The second-order valence-electron chi connectivity index (χ2n) is 6.49. The summed E-state index contributed by atoms with van der Waals surface area (Å²) in [5, 5.41) is 8.39. The Morgan fingerprint density at radius 2 is 1.95 bits per heavy atom. The third-order valence-electron chi connectivity index (χ3n) is 3.79. The maximum Gasteiger partial charge on any atom is 0.360 e. The number of esters is 1. The lowest BCUT2D eigenvalue weighted by Gasteiger charge is -2.28. The summed E-state index contributed by atoms with van der Waals surface area (Å²) >= 11 is 0. The van der Waals surface area contributed by atoms with Crippen LogP contribution in [0.5, 0.6) is 0 Å². The molecule has 1 aliphatic carbocycles. The Labute approximate surface area is 120 Å². The molecular formula is C15H25N3O2. The molecule has 1 fully saturated rings. The monoisotopic (exact) mass is 279 g/mol. The summed E-state index contributed by atoms with van der Waals surface area (Å²) < 4.78 is 7.09. The van der Waals surface area contributed by atoms with E-state index in [4.69, 9.17) is 4.74 Å². The van der Waals surface area contributed by atoms with Crippen LogP contribution < -0.4 is 0 Å². The van der Waals surface area contributed by atoms with Gasteiger partial charge in [0.2, 0.25) is 0 Å². The topological polar surface area (TPSA) is 57.0 Å². The summed E-state index contributed by atoms with van der Waals surface area (Å²) in [5.74, 6) is -0.362. The van der Waals surface area contributed by atoms with E-state index in [1.807, 2.05) is 4.68 Å².